The van der Waals surface area contributed by atoms with Crippen molar-refractivity contribution in [2.45, 2.75) is 10.6 Å². The van der Waals surface area contributed by atoms with Gasteiger partial charge in [0.25, 0.3) is 0 Å². The van der Waals surface area contributed by atoms with Gasteiger partial charge in [0.2, 0.25) is 0 Å². The van der Waals surface area contributed by atoms with E-state index in [-0.39, 0.29) is 15.5 Å². The van der Waals surface area contributed by atoms with Crippen LogP contribution in [0.5, 0.6) is 0 Å². The summed E-state index contributed by atoms with van der Waals surface area (Å²) in [7, 11) is -3.67. The van der Waals surface area contributed by atoms with Gasteiger partial charge in [-0.25, -0.2) is 17.6 Å². The Morgan fingerprint density at radius 1 is 1.26 bits per heavy atom. The fourth-order valence-corrected chi connectivity index (χ4v) is 4.06. The van der Waals surface area contributed by atoms with Gasteiger partial charge >= 0.3 is 5.97 Å². The van der Waals surface area contributed by atoms with E-state index in [1.54, 1.807) is 0 Å². The Kier molecular flexibility index (Phi) is 3.68. The third-order valence-electron chi connectivity index (χ3n) is 2.36. The van der Waals surface area contributed by atoms with Gasteiger partial charge in [-0.1, -0.05) is 6.07 Å². The molecule has 1 aromatic heterocycles. The van der Waals surface area contributed by atoms with Gasteiger partial charge in [0, 0.05) is 4.88 Å². The molecule has 19 heavy (non-hydrogen) atoms. The van der Waals surface area contributed by atoms with Gasteiger partial charge in [0.1, 0.15) is 10.7 Å². The molecule has 100 valence electrons. The molecular weight excluding hydrogens is 291 g/mol. The molecule has 0 atom stereocenters. The predicted octanol–water partition coefficient (Wildman–Crippen LogP) is 2.56. The minimum atomic E-state index is -3.67. The van der Waals surface area contributed by atoms with Crippen LogP contribution in [0.25, 0.3) is 0 Å². The van der Waals surface area contributed by atoms with E-state index in [0.29, 0.717) is 4.88 Å². The van der Waals surface area contributed by atoms with Gasteiger partial charge in [0.05, 0.1) is 10.6 Å². The average molecular weight is 300 g/mol. The van der Waals surface area contributed by atoms with E-state index in [1.807, 2.05) is 0 Å². The zero-order valence-electron chi connectivity index (χ0n) is 9.54. The monoisotopic (exact) mass is 300 g/mol. The maximum atomic E-state index is 13.0. The second-order valence-electron chi connectivity index (χ2n) is 3.79. The molecule has 0 aliphatic carbocycles. The highest BCUT2D eigenvalue weighted by atomic mass is 32.2. The normalized spacial score (nSPS) is 11.4. The van der Waals surface area contributed by atoms with Crippen molar-refractivity contribution < 1.29 is 22.7 Å². The van der Waals surface area contributed by atoms with Crippen molar-refractivity contribution in [2.24, 2.45) is 0 Å². The molecular formula is C12H9FO4S2. The van der Waals surface area contributed by atoms with Crippen molar-refractivity contribution >= 4 is 27.1 Å². The van der Waals surface area contributed by atoms with Crippen molar-refractivity contribution in [1.82, 2.24) is 0 Å². The topological polar surface area (TPSA) is 71.4 Å². The lowest BCUT2D eigenvalue weighted by Gasteiger charge is -2.02. The molecule has 0 saturated carbocycles. The van der Waals surface area contributed by atoms with Crippen LogP contribution in [0.3, 0.4) is 0 Å². The summed E-state index contributed by atoms with van der Waals surface area (Å²) in [4.78, 5) is 11.1. The van der Waals surface area contributed by atoms with E-state index in [2.05, 4.69) is 0 Å². The molecule has 0 aliphatic rings. The maximum Gasteiger partial charge on any atom is 0.345 e. The highest BCUT2D eigenvalue weighted by Crippen LogP contribution is 2.23. The molecule has 2 aromatic rings. The number of hydrogen-bond donors (Lipinski definition) is 1. The second-order valence-corrected chi connectivity index (χ2v) is 6.95. The maximum absolute atomic E-state index is 13.0. The fraction of sp³-hybridized carbons (Fsp3) is 0.0833. The summed E-state index contributed by atoms with van der Waals surface area (Å²) >= 11 is 0.894. The van der Waals surface area contributed by atoms with Gasteiger partial charge in [-0.05, 0) is 30.3 Å². The number of carbonyl (C=O) groups is 1. The van der Waals surface area contributed by atoms with E-state index < -0.39 is 21.6 Å². The highest BCUT2D eigenvalue weighted by molar-refractivity contribution is 7.90. The molecule has 0 radical (unpaired) electrons. The zero-order chi connectivity index (χ0) is 14.0. The van der Waals surface area contributed by atoms with Crippen LogP contribution in [0.1, 0.15) is 14.5 Å². The van der Waals surface area contributed by atoms with Crippen molar-refractivity contribution in [3.8, 4) is 0 Å². The number of rotatable bonds is 4. The summed E-state index contributed by atoms with van der Waals surface area (Å²) in [5.41, 5.74) is 0. The van der Waals surface area contributed by atoms with Crippen LogP contribution < -0.4 is 0 Å². The van der Waals surface area contributed by atoms with Gasteiger partial charge in [-0.15, -0.1) is 11.3 Å². The van der Waals surface area contributed by atoms with Crippen LogP contribution in [0, 0.1) is 5.82 Å². The Hall–Kier alpha value is -1.73. The first kappa shape index (κ1) is 13.7. The predicted molar refractivity (Wildman–Crippen MR) is 68.6 cm³/mol. The van der Waals surface area contributed by atoms with E-state index in [0.717, 1.165) is 23.5 Å². The molecule has 0 saturated heterocycles. The molecule has 0 unspecified atom stereocenters. The molecule has 1 aromatic carbocycles. The zero-order valence-corrected chi connectivity index (χ0v) is 11.2. The van der Waals surface area contributed by atoms with Crippen LogP contribution in [0.4, 0.5) is 4.39 Å². The Labute approximate surface area is 113 Å². The van der Waals surface area contributed by atoms with Gasteiger partial charge < -0.3 is 5.11 Å². The van der Waals surface area contributed by atoms with Crippen LogP contribution in [-0.2, 0) is 15.6 Å². The number of hydrogen-bond acceptors (Lipinski definition) is 4. The summed E-state index contributed by atoms with van der Waals surface area (Å²) in [5.74, 6) is -2.06. The summed E-state index contributed by atoms with van der Waals surface area (Å²) in [6.45, 7) is 0. The first-order valence-electron chi connectivity index (χ1n) is 5.19. The molecule has 0 amide bonds. The van der Waals surface area contributed by atoms with Crippen LogP contribution in [0.2, 0.25) is 0 Å². The molecule has 7 heteroatoms. The summed E-state index contributed by atoms with van der Waals surface area (Å²) in [6.07, 6.45) is 0. The fourth-order valence-electron chi connectivity index (χ4n) is 1.50. The third-order valence-corrected chi connectivity index (χ3v) is 5.28. The van der Waals surface area contributed by atoms with Crippen molar-refractivity contribution in [1.29, 1.82) is 0 Å². The summed E-state index contributed by atoms with van der Waals surface area (Å²) < 4.78 is 37.1. The lowest BCUT2D eigenvalue weighted by molar-refractivity contribution is 0.0702. The van der Waals surface area contributed by atoms with Gasteiger partial charge in [0.15, 0.2) is 9.84 Å². The minimum Gasteiger partial charge on any atom is -0.477 e. The number of thiophene rings is 1. The van der Waals surface area contributed by atoms with E-state index in [9.17, 15) is 17.6 Å². The van der Waals surface area contributed by atoms with Crippen molar-refractivity contribution in [3.63, 3.8) is 0 Å². The number of benzene rings is 1. The molecule has 0 spiro atoms. The lowest BCUT2D eigenvalue weighted by atomic mass is 10.4. The number of halogens is 1. The molecule has 1 N–H and O–H groups in total. The van der Waals surface area contributed by atoms with Crippen LogP contribution >= 0.6 is 11.3 Å². The number of carboxylic acid groups (broad SMARTS) is 1. The number of sulfone groups is 1. The first-order chi connectivity index (χ1) is 8.88. The first-order valence-corrected chi connectivity index (χ1v) is 7.66. The van der Waals surface area contributed by atoms with Gasteiger partial charge in [-0.3, -0.25) is 0 Å². The Morgan fingerprint density at radius 3 is 2.58 bits per heavy atom. The smallest absolute Gasteiger partial charge is 0.345 e. The van der Waals surface area contributed by atoms with E-state index in [4.69, 9.17) is 5.11 Å². The lowest BCUT2D eigenvalue weighted by Crippen LogP contribution is -2.04. The third kappa shape index (κ3) is 3.18. The summed E-state index contributed by atoms with van der Waals surface area (Å²) in [5, 5.41) is 8.76. The standard InChI is InChI=1S/C12H9FO4S2/c13-8-2-1-3-10(6-8)19(16,17)7-9-4-5-11(18-9)12(14)15/h1-6H,7H2,(H,14,15). The second kappa shape index (κ2) is 5.10. The molecule has 2 rings (SSSR count). The average Bonchev–Trinajstić information content (AvgIpc) is 2.77. The van der Waals surface area contributed by atoms with E-state index in [1.165, 1.54) is 24.3 Å². The van der Waals surface area contributed by atoms with Gasteiger partial charge in [-0.2, -0.15) is 0 Å². The van der Waals surface area contributed by atoms with Crippen molar-refractivity contribution in [3.05, 3.63) is 52.0 Å². The Morgan fingerprint density at radius 2 is 2.00 bits per heavy atom. The van der Waals surface area contributed by atoms with Crippen LogP contribution in [0.15, 0.2) is 41.3 Å². The Balaban J connectivity index is 2.28. The number of aromatic carboxylic acids is 1. The van der Waals surface area contributed by atoms with Crippen molar-refractivity contribution in [2.75, 3.05) is 0 Å². The minimum absolute atomic E-state index is 0.0736. The highest BCUT2D eigenvalue weighted by Gasteiger charge is 2.18. The number of carboxylic acids is 1. The van der Waals surface area contributed by atoms with Crippen LogP contribution in [-0.4, -0.2) is 19.5 Å². The largest absolute Gasteiger partial charge is 0.477 e. The van der Waals surface area contributed by atoms with E-state index >= 15 is 0 Å². The molecule has 0 aliphatic heterocycles. The molecule has 1 heterocycles. The molecule has 0 fully saturated rings. The molecule has 4 nitrogen and oxygen atoms in total. The SMILES string of the molecule is O=C(O)c1ccc(CS(=O)(=O)c2cccc(F)c2)s1. The summed E-state index contributed by atoms with van der Waals surface area (Å²) in [6, 6.07) is 7.53. The molecule has 0 bridgehead atoms. The quantitative estimate of drug-likeness (QED) is 0.942. The Bertz CT molecular complexity index is 719.